The van der Waals surface area contributed by atoms with Gasteiger partial charge in [0.05, 0.1) is 18.8 Å². The summed E-state index contributed by atoms with van der Waals surface area (Å²) < 4.78 is 5.30. The maximum atomic E-state index is 11.9. The number of hydrogen-bond acceptors (Lipinski definition) is 3. The molecule has 1 aromatic carbocycles. The van der Waals surface area contributed by atoms with Crippen LogP contribution in [0, 0.1) is 0 Å². The molecule has 3 aromatic rings. The molecule has 1 atom stereocenters. The molecule has 0 aliphatic heterocycles. The lowest BCUT2D eigenvalue weighted by atomic mass is 10.1. The summed E-state index contributed by atoms with van der Waals surface area (Å²) in [4.78, 5) is 15.1. The van der Waals surface area contributed by atoms with Gasteiger partial charge in [0.25, 0.3) is 0 Å². The van der Waals surface area contributed by atoms with Gasteiger partial charge in [-0.2, -0.15) is 0 Å². The first-order valence-corrected chi connectivity index (χ1v) is 7.82. The number of carbonyl (C=O) groups is 1. The van der Waals surface area contributed by atoms with Crippen molar-refractivity contribution in [2.75, 3.05) is 13.1 Å². The molecule has 0 unspecified atom stereocenters. The molecule has 0 spiro atoms. The fourth-order valence-electron chi connectivity index (χ4n) is 2.62. The number of aromatic amines is 1. The fourth-order valence-corrected chi connectivity index (χ4v) is 2.62. The molecule has 0 bridgehead atoms. The van der Waals surface area contributed by atoms with Gasteiger partial charge in [-0.1, -0.05) is 18.2 Å². The van der Waals surface area contributed by atoms with Crippen molar-refractivity contribution >= 4 is 16.8 Å². The number of fused-ring (bicyclic) bond motifs is 1. The van der Waals surface area contributed by atoms with Gasteiger partial charge in [0.15, 0.2) is 0 Å². The third-order valence-electron chi connectivity index (χ3n) is 3.93. The van der Waals surface area contributed by atoms with Crippen LogP contribution in [0.25, 0.3) is 10.9 Å². The van der Waals surface area contributed by atoms with E-state index in [-0.39, 0.29) is 18.5 Å². The van der Waals surface area contributed by atoms with E-state index in [1.807, 2.05) is 37.4 Å². The van der Waals surface area contributed by atoms with Gasteiger partial charge in [-0.15, -0.1) is 0 Å². The Bertz CT molecular complexity index is 762. The first-order valence-electron chi connectivity index (χ1n) is 7.82. The number of hydrogen-bond donors (Lipinski definition) is 3. The highest BCUT2D eigenvalue weighted by Crippen LogP contribution is 2.17. The molecule has 2 heterocycles. The summed E-state index contributed by atoms with van der Waals surface area (Å²) in [7, 11) is 0. The zero-order valence-electron chi connectivity index (χ0n) is 13.1. The molecule has 5 nitrogen and oxygen atoms in total. The Kier molecular flexibility index (Phi) is 4.78. The summed E-state index contributed by atoms with van der Waals surface area (Å²) in [6, 6.07) is 11.9. The minimum absolute atomic E-state index is 0.0109. The first-order chi connectivity index (χ1) is 11.2. The average molecular weight is 311 g/mol. The minimum atomic E-state index is -0.0109. The van der Waals surface area contributed by atoms with Crippen LogP contribution in [0.3, 0.4) is 0 Å². The highest BCUT2D eigenvalue weighted by molar-refractivity contribution is 5.83. The van der Waals surface area contributed by atoms with E-state index >= 15 is 0 Å². The lowest BCUT2D eigenvalue weighted by molar-refractivity contribution is -0.120. The van der Waals surface area contributed by atoms with Crippen molar-refractivity contribution in [1.82, 2.24) is 15.6 Å². The lowest BCUT2D eigenvalue weighted by Crippen LogP contribution is -2.35. The van der Waals surface area contributed by atoms with Crippen LogP contribution in [0.4, 0.5) is 0 Å². The summed E-state index contributed by atoms with van der Waals surface area (Å²) in [6.07, 6.45) is 4.45. The molecular formula is C18H21N3O2. The van der Waals surface area contributed by atoms with Gasteiger partial charge in [0, 0.05) is 23.6 Å². The van der Waals surface area contributed by atoms with E-state index in [2.05, 4.69) is 27.8 Å². The smallest absolute Gasteiger partial charge is 0.233 e. The Morgan fingerprint density at radius 3 is 2.96 bits per heavy atom. The molecule has 0 aliphatic rings. The van der Waals surface area contributed by atoms with Crippen molar-refractivity contribution in [2.24, 2.45) is 0 Å². The molecule has 120 valence electrons. The van der Waals surface area contributed by atoms with E-state index in [4.69, 9.17) is 4.42 Å². The number of carbonyl (C=O) groups excluding carboxylic acids is 1. The van der Waals surface area contributed by atoms with Crippen LogP contribution in [0.2, 0.25) is 0 Å². The van der Waals surface area contributed by atoms with Gasteiger partial charge in [0.2, 0.25) is 5.91 Å². The van der Waals surface area contributed by atoms with Gasteiger partial charge in [-0.3, -0.25) is 10.1 Å². The second-order valence-electron chi connectivity index (χ2n) is 5.58. The summed E-state index contributed by atoms with van der Waals surface area (Å²) >= 11 is 0. The predicted octanol–water partition coefficient (Wildman–Crippen LogP) is 2.77. The molecule has 3 rings (SSSR count). The van der Waals surface area contributed by atoms with Crippen LogP contribution in [0.5, 0.6) is 0 Å². The molecule has 0 radical (unpaired) electrons. The Balaban J connectivity index is 1.42. The maximum absolute atomic E-state index is 11.9. The summed E-state index contributed by atoms with van der Waals surface area (Å²) in [5.74, 6) is 0.819. The molecule has 3 N–H and O–H groups in total. The van der Waals surface area contributed by atoms with Gasteiger partial charge >= 0.3 is 0 Å². The molecule has 0 aliphatic carbocycles. The second kappa shape index (κ2) is 7.15. The molecule has 5 heteroatoms. The van der Waals surface area contributed by atoms with E-state index in [1.165, 1.54) is 10.9 Å². The maximum Gasteiger partial charge on any atom is 0.233 e. The highest BCUT2D eigenvalue weighted by Gasteiger charge is 2.10. The Hall–Kier alpha value is -2.53. The number of aromatic nitrogens is 1. The monoisotopic (exact) mass is 311 g/mol. The number of para-hydroxylation sites is 1. The average Bonchev–Trinajstić information content (AvgIpc) is 3.23. The Morgan fingerprint density at radius 2 is 2.13 bits per heavy atom. The SMILES string of the molecule is C[C@H](NCC(=O)NCCc1c[nH]c2ccccc12)c1ccco1. The minimum Gasteiger partial charge on any atom is -0.468 e. The molecule has 23 heavy (non-hydrogen) atoms. The lowest BCUT2D eigenvalue weighted by Gasteiger charge is -2.11. The highest BCUT2D eigenvalue weighted by atomic mass is 16.3. The Labute approximate surface area is 135 Å². The molecule has 2 aromatic heterocycles. The van der Waals surface area contributed by atoms with E-state index in [9.17, 15) is 4.79 Å². The summed E-state index contributed by atoms with van der Waals surface area (Å²) in [6.45, 7) is 2.87. The van der Waals surface area contributed by atoms with E-state index in [1.54, 1.807) is 6.26 Å². The van der Waals surface area contributed by atoms with Gasteiger partial charge in [-0.25, -0.2) is 0 Å². The molecule has 0 fully saturated rings. The number of H-pyrrole nitrogens is 1. The van der Waals surface area contributed by atoms with Gasteiger partial charge in [-0.05, 0) is 37.1 Å². The van der Waals surface area contributed by atoms with E-state index in [0.29, 0.717) is 6.54 Å². The molecular weight excluding hydrogens is 290 g/mol. The van der Waals surface area contributed by atoms with Crippen molar-refractivity contribution in [3.8, 4) is 0 Å². The van der Waals surface area contributed by atoms with Crippen molar-refractivity contribution in [2.45, 2.75) is 19.4 Å². The van der Waals surface area contributed by atoms with Gasteiger partial charge < -0.3 is 14.7 Å². The van der Waals surface area contributed by atoms with Crippen molar-refractivity contribution in [3.63, 3.8) is 0 Å². The summed E-state index contributed by atoms with van der Waals surface area (Å²) in [5, 5.41) is 7.30. The number of rotatable bonds is 7. The standard InChI is InChI=1S/C18H21N3O2/c1-13(17-7-4-10-23-17)20-12-18(22)19-9-8-14-11-21-16-6-3-2-5-15(14)16/h2-7,10-11,13,20-21H,8-9,12H2,1H3,(H,19,22)/t13-/m0/s1. The van der Waals surface area contributed by atoms with Crippen molar-refractivity contribution in [3.05, 3.63) is 60.2 Å². The molecule has 0 saturated heterocycles. The largest absolute Gasteiger partial charge is 0.468 e. The Morgan fingerprint density at radius 1 is 1.26 bits per heavy atom. The fraction of sp³-hybridized carbons (Fsp3) is 0.278. The predicted molar refractivity (Wildman–Crippen MR) is 90.1 cm³/mol. The van der Waals surface area contributed by atoms with Crippen LogP contribution in [0.1, 0.15) is 24.3 Å². The topological polar surface area (TPSA) is 70.1 Å². The number of benzene rings is 1. The first kappa shape index (κ1) is 15.4. The van der Waals surface area contributed by atoms with E-state index in [0.717, 1.165) is 17.7 Å². The van der Waals surface area contributed by atoms with Crippen LogP contribution >= 0.6 is 0 Å². The molecule has 0 saturated carbocycles. The van der Waals surface area contributed by atoms with Crippen LogP contribution in [-0.2, 0) is 11.2 Å². The number of nitrogens with one attached hydrogen (secondary N) is 3. The van der Waals surface area contributed by atoms with Crippen LogP contribution in [0.15, 0.2) is 53.3 Å². The van der Waals surface area contributed by atoms with Gasteiger partial charge in [0.1, 0.15) is 5.76 Å². The zero-order valence-corrected chi connectivity index (χ0v) is 13.1. The normalized spacial score (nSPS) is 12.4. The van der Waals surface area contributed by atoms with E-state index < -0.39 is 0 Å². The van der Waals surface area contributed by atoms with Crippen molar-refractivity contribution in [1.29, 1.82) is 0 Å². The number of furan rings is 1. The number of amides is 1. The van der Waals surface area contributed by atoms with Crippen LogP contribution < -0.4 is 10.6 Å². The zero-order chi connectivity index (χ0) is 16.1. The quantitative estimate of drug-likeness (QED) is 0.628. The third-order valence-corrected chi connectivity index (χ3v) is 3.93. The summed E-state index contributed by atoms with van der Waals surface area (Å²) in [5.41, 5.74) is 2.35. The van der Waals surface area contributed by atoms with Crippen LogP contribution in [-0.4, -0.2) is 24.0 Å². The second-order valence-corrected chi connectivity index (χ2v) is 5.58. The third kappa shape index (κ3) is 3.81. The molecule has 1 amide bonds. The van der Waals surface area contributed by atoms with Crippen molar-refractivity contribution < 1.29 is 9.21 Å².